The van der Waals surface area contributed by atoms with Gasteiger partial charge in [-0.05, 0) is 31.2 Å². The van der Waals surface area contributed by atoms with Crippen LogP contribution in [-0.4, -0.2) is 46.3 Å². The van der Waals surface area contributed by atoms with E-state index >= 15 is 0 Å². The van der Waals surface area contributed by atoms with E-state index < -0.39 is 0 Å². The number of benzene rings is 1. The molecule has 3 atom stereocenters. The maximum atomic E-state index is 13.2. The van der Waals surface area contributed by atoms with Crippen LogP contribution >= 0.6 is 0 Å². The largest absolute Gasteiger partial charge is 0.352 e. The Morgan fingerprint density at radius 1 is 1.23 bits per heavy atom. The molecule has 0 bridgehead atoms. The van der Waals surface area contributed by atoms with E-state index in [0.717, 1.165) is 43.6 Å². The molecule has 2 N–H and O–H groups in total. The highest BCUT2D eigenvalue weighted by Crippen LogP contribution is 2.38. The van der Waals surface area contributed by atoms with Gasteiger partial charge in [0, 0.05) is 32.0 Å². The molecule has 3 aliphatic rings. The van der Waals surface area contributed by atoms with Crippen molar-refractivity contribution in [3.63, 3.8) is 0 Å². The van der Waals surface area contributed by atoms with Crippen molar-refractivity contribution in [2.24, 2.45) is 16.9 Å². The zero-order valence-corrected chi connectivity index (χ0v) is 18.9. The molecule has 4 rings (SSSR count). The molecule has 7 heteroatoms. The van der Waals surface area contributed by atoms with Gasteiger partial charge in [0.05, 0.1) is 5.92 Å². The molecule has 7 nitrogen and oxygen atoms in total. The van der Waals surface area contributed by atoms with Crippen molar-refractivity contribution in [3.8, 4) is 0 Å². The lowest BCUT2D eigenvalue weighted by molar-refractivity contribution is -0.156. The Bertz CT molecular complexity index is 835. The van der Waals surface area contributed by atoms with Crippen molar-refractivity contribution in [1.29, 1.82) is 0 Å². The van der Waals surface area contributed by atoms with Crippen molar-refractivity contribution >= 4 is 17.6 Å². The number of nitrogens with one attached hydrogen (secondary N) is 2. The van der Waals surface area contributed by atoms with E-state index in [1.807, 2.05) is 17.0 Å². The van der Waals surface area contributed by atoms with E-state index in [0.29, 0.717) is 25.3 Å². The van der Waals surface area contributed by atoms with E-state index in [4.69, 9.17) is 0 Å². The number of aryl methyl sites for hydroxylation is 1. The molecule has 1 saturated carbocycles. The topological polar surface area (TPSA) is 77.0 Å². The van der Waals surface area contributed by atoms with Gasteiger partial charge in [-0.25, -0.2) is 0 Å². The third-order valence-corrected chi connectivity index (χ3v) is 6.60. The Kier molecular flexibility index (Phi) is 6.49. The van der Waals surface area contributed by atoms with Crippen LogP contribution < -0.4 is 10.7 Å². The van der Waals surface area contributed by atoms with E-state index in [1.165, 1.54) is 5.56 Å². The molecule has 1 saturated heterocycles. The van der Waals surface area contributed by atoms with Gasteiger partial charge in [0.2, 0.25) is 11.8 Å². The molecular weight excluding hydrogens is 390 g/mol. The number of carbonyl (C=O) groups is 2. The minimum atomic E-state index is -0.208. The van der Waals surface area contributed by atoms with Gasteiger partial charge in [0.1, 0.15) is 5.84 Å². The molecule has 1 aliphatic carbocycles. The number of amidine groups is 1. The van der Waals surface area contributed by atoms with Crippen LogP contribution in [0.2, 0.25) is 0 Å². The van der Waals surface area contributed by atoms with Gasteiger partial charge in [-0.1, -0.05) is 56.5 Å². The zero-order chi connectivity index (χ0) is 22.0. The maximum Gasteiger partial charge on any atom is 0.230 e. The lowest BCUT2D eigenvalue weighted by atomic mass is 9.80. The van der Waals surface area contributed by atoms with Crippen molar-refractivity contribution in [1.82, 2.24) is 20.5 Å². The summed E-state index contributed by atoms with van der Waals surface area (Å²) in [4.78, 5) is 29.9. The average Bonchev–Trinajstić information content (AvgIpc) is 3.18. The summed E-state index contributed by atoms with van der Waals surface area (Å²) < 4.78 is 0. The predicted molar refractivity (Wildman–Crippen MR) is 121 cm³/mol. The van der Waals surface area contributed by atoms with Gasteiger partial charge in [-0.15, -0.1) is 0 Å². The van der Waals surface area contributed by atoms with Crippen LogP contribution in [0.1, 0.15) is 63.5 Å². The highest BCUT2D eigenvalue weighted by molar-refractivity contribution is 5.91. The number of hydrazone groups is 1. The van der Waals surface area contributed by atoms with Gasteiger partial charge in [-0.2, -0.15) is 5.10 Å². The minimum Gasteiger partial charge on any atom is -0.352 e. The van der Waals surface area contributed by atoms with Gasteiger partial charge in [0.25, 0.3) is 0 Å². The Morgan fingerprint density at radius 2 is 1.97 bits per heavy atom. The first-order valence-electron chi connectivity index (χ1n) is 11.7. The number of hydrogen-bond acceptors (Lipinski definition) is 5. The van der Waals surface area contributed by atoms with Gasteiger partial charge in [-0.3, -0.25) is 15.0 Å². The fourth-order valence-corrected chi connectivity index (χ4v) is 5.04. The number of carbonyl (C=O) groups excluding carboxylic acids is 2. The van der Waals surface area contributed by atoms with Crippen molar-refractivity contribution in [3.05, 3.63) is 35.4 Å². The van der Waals surface area contributed by atoms with Gasteiger partial charge >= 0.3 is 0 Å². The maximum absolute atomic E-state index is 13.2. The highest BCUT2D eigenvalue weighted by atomic mass is 16.2. The minimum absolute atomic E-state index is 0.0269. The summed E-state index contributed by atoms with van der Waals surface area (Å²) >= 11 is 0. The fourth-order valence-electron chi connectivity index (χ4n) is 5.04. The molecule has 168 valence electrons. The monoisotopic (exact) mass is 425 g/mol. The summed E-state index contributed by atoms with van der Waals surface area (Å²) in [6, 6.07) is 8.40. The van der Waals surface area contributed by atoms with Crippen LogP contribution in [0.25, 0.3) is 0 Å². The molecule has 3 unspecified atom stereocenters. The Hall–Kier alpha value is -2.57. The number of rotatable bonds is 7. The standard InChI is InChI=1S/C24H35N5O2/c1-16(2)15-28-23(31)19-6-4-5-7-20(19)29-21(26-27-24(28)29)12-13-22(30)25-14-18-10-8-17(3)9-11-18/h8-11,16,19-20,24,27H,4-7,12-15H2,1-3H3,(H,25,30). The SMILES string of the molecule is Cc1ccc(CNC(=O)CCC2=NNC3N(CC(C)C)C(=O)C4CCCCC4N23)cc1. The highest BCUT2D eigenvalue weighted by Gasteiger charge is 2.50. The third kappa shape index (κ3) is 4.70. The molecule has 0 radical (unpaired) electrons. The molecule has 1 aromatic rings. The lowest BCUT2D eigenvalue weighted by Gasteiger charge is -2.51. The molecule has 2 fully saturated rings. The second-order valence-electron chi connectivity index (χ2n) is 9.54. The lowest BCUT2D eigenvalue weighted by Crippen LogP contribution is -2.67. The molecule has 1 aromatic carbocycles. The molecule has 2 amide bonds. The van der Waals surface area contributed by atoms with E-state index in [-0.39, 0.29) is 30.1 Å². The summed E-state index contributed by atoms with van der Waals surface area (Å²) in [5, 5.41) is 7.60. The van der Waals surface area contributed by atoms with Gasteiger partial charge < -0.3 is 15.1 Å². The summed E-state index contributed by atoms with van der Waals surface area (Å²) in [6.07, 6.45) is 4.99. The number of fused-ring (bicyclic) bond motifs is 3. The van der Waals surface area contributed by atoms with E-state index in [9.17, 15) is 9.59 Å². The quantitative estimate of drug-likeness (QED) is 0.704. The van der Waals surface area contributed by atoms with E-state index in [2.05, 4.69) is 53.6 Å². The predicted octanol–water partition coefficient (Wildman–Crippen LogP) is 2.95. The first-order chi connectivity index (χ1) is 14.9. The summed E-state index contributed by atoms with van der Waals surface area (Å²) in [5.41, 5.74) is 5.51. The van der Waals surface area contributed by atoms with Crippen LogP contribution in [0.3, 0.4) is 0 Å². The van der Waals surface area contributed by atoms with Crippen LogP contribution in [0.5, 0.6) is 0 Å². The van der Waals surface area contributed by atoms with Crippen LogP contribution in [0.15, 0.2) is 29.4 Å². The van der Waals surface area contributed by atoms with Gasteiger partial charge in [0.15, 0.2) is 6.29 Å². The van der Waals surface area contributed by atoms with Crippen molar-refractivity contribution in [2.45, 2.75) is 78.2 Å². The fraction of sp³-hybridized carbons (Fsp3) is 0.625. The summed E-state index contributed by atoms with van der Waals surface area (Å²) in [6.45, 7) is 7.59. The second-order valence-corrected chi connectivity index (χ2v) is 9.54. The molecule has 31 heavy (non-hydrogen) atoms. The average molecular weight is 426 g/mol. The van der Waals surface area contributed by atoms with Crippen molar-refractivity contribution < 1.29 is 9.59 Å². The molecule has 2 aliphatic heterocycles. The first kappa shape index (κ1) is 21.7. The number of hydrogen-bond donors (Lipinski definition) is 2. The third-order valence-electron chi connectivity index (χ3n) is 6.60. The zero-order valence-electron chi connectivity index (χ0n) is 18.9. The van der Waals surface area contributed by atoms with Crippen LogP contribution in [0.4, 0.5) is 0 Å². The van der Waals surface area contributed by atoms with E-state index in [1.54, 1.807) is 0 Å². The Morgan fingerprint density at radius 3 is 2.71 bits per heavy atom. The summed E-state index contributed by atoms with van der Waals surface area (Å²) in [7, 11) is 0. The normalized spacial score (nSPS) is 25.1. The smallest absolute Gasteiger partial charge is 0.230 e. The van der Waals surface area contributed by atoms with Crippen LogP contribution in [-0.2, 0) is 16.1 Å². The first-order valence-corrected chi connectivity index (χ1v) is 11.7. The number of nitrogens with zero attached hydrogens (tertiary/aromatic N) is 3. The number of amides is 2. The Balaban J connectivity index is 1.38. The van der Waals surface area contributed by atoms with Crippen molar-refractivity contribution in [2.75, 3.05) is 6.54 Å². The van der Waals surface area contributed by atoms with Crippen LogP contribution in [0, 0.1) is 18.8 Å². The molecule has 0 spiro atoms. The second kappa shape index (κ2) is 9.28. The molecule has 2 heterocycles. The molecular formula is C24H35N5O2. The Labute approximate surface area is 185 Å². The molecule has 0 aromatic heterocycles. The summed E-state index contributed by atoms with van der Waals surface area (Å²) in [5.74, 6) is 1.64.